The first-order valence-electron chi connectivity index (χ1n) is 7.37. The van der Waals surface area contributed by atoms with Gasteiger partial charge < -0.3 is 15.2 Å². The van der Waals surface area contributed by atoms with Crippen LogP contribution < -0.4 is 5.32 Å². The van der Waals surface area contributed by atoms with Gasteiger partial charge in [-0.15, -0.1) is 0 Å². The Morgan fingerprint density at radius 3 is 2.72 bits per heavy atom. The first-order chi connectivity index (χ1) is 8.79. The Bertz CT molecular complexity index is 236. The van der Waals surface area contributed by atoms with Crippen molar-refractivity contribution in [3.05, 3.63) is 0 Å². The molecule has 4 nitrogen and oxygen atoms in total. The lowest BCUT2D eigenvalue weighted by Crippen LogP contribution is -2.48. The van der Waals surface area contributed by atoms with Crippen LogP contribution in [-0.2, 0) is 4.74 Å². The molecule has 0 aromatic rings. The van der Waals surface area contributed by atoms with Crippen LogP contribution >= 0.6 is 0 Å². The molecule has 2 rings (SSSR count). The van der Waals surface area contributed by atoms with Gasteiger partial charge in [0.15, 0.2) is 0 Å². The molecule has 106 valence electrons. The van der Waals surface area contributed by atoms with Crippen molar-refractivity contribution in [1.29, 1.82) is 0 Å². The van der Waals surface area contributed by atoms with E-state index < -0.39 is 0 Å². The van der Waals surface area contributed by atoms with Gasteiger partial charge in [0, 0.05) is 37.7 Å². The maximum Gasteiger partial charge on any atom is 0.0558 e. The molecule has 0 aromatic carbocycles. The minimum absolute atomic E-state index is 0.256. The Morgan fingerprint density at radius 1 is 1.39 bits per heavy atom. The first kappa shape index (κ1) is 14.3. The topological polar surface area (TPSA) is 44.7 Å². The third kappa shape index (κ3) is 3.44. The molecular formula is C14H28N2O2. The minimum atomic E-state index is 0.256. The molecule has 0 spiro atoms. The molecule has 1 saturated heterocycles. The lowest BCUT2D eigenvalue weighted by atomic mass is 9.86. The second-order valence-electron chi connectivity index (χ2n) is 5.97. The van der Waals surface area contributed by atoms with E-state index in [0.717, 1.165) is 39.3 Å². The van der Waals surface area contributed by atoms with E-state index in [1.165, 1.54) is 25.7 Å². The SMILES string of the molecule is CNCC1(CN(CCO)C2CCCC2)CCOC1. The Hall–Kier alpha value is -0.160. The fourth-order valence-corrected chi connectivity index (χ4v) is 3.56. The Balaban J connectivity index is 1.96. The minimum Gasteiger partial charge on any atom is -0.395 e. The lowest BCUT2D eigenvalue weighted by molar-refractivity contribution is 0.0736. The van der Waals surface area contributed by atoms with E-state index in [-0.39, 0.29) is 12.0 Å². The number of nitrogens with one attached hydrogen (secondary N) is 1. The number of hydrogen-bond acceptors (Lipinski definition) is 4. The molecule has 4 heteroatoms. The van der Waals surface area contributed by atoms with Gasteiger partial charge in [0.05, 0.1) is 13.2 Å². The number of nitrogens with zero attached hydrogens (tertiary/aromatic N) is 1. The van der Waals surface area contributed by atoms with Crippen LogP contribution in [0.2, 0.25) is 0 Å². The maximum atomic E-state index is 9.30. The van der Waals surface area contributed by atoms with Gasteiger partial charge in [-0.05, 0) is 26.3 Å². The smallest absolute Gasteiger partial charge is 0.0558 e. The van der Waals surface area contributed by atoms with Gasteiger partial charge in [-0.3, -0.25) is 4.90 Å². The van der Waals surface area contributed by atoms with Gasteiger partial charge in [-0.25, -0.2) is 0 Å². The molecular weight excluding hydrogens is 228 g/mol. The lowest BCUT2D eigenvalue weighted by Gasteiger charge is -2.37. The van der Waals surface area contributed by atoms with Crippen molar-refractivity contribution in [3.63, 3.8) is 0 Å². The van der Waals surface area contributed by atoms with E-state index in [1.807, 2.05) is 7.05 Å². The van der Waals surface area contributed by atoms with Crippen LogP contribution in [0.3, 0.4) is 0 Å². The molecule has 0 bridgehead atoms. The third-order valence-corrected chi connectivity index (χ3v) is 4.50. The zero-order valence-electron chi connectivity index (χ0n) is 11.7. The average Bonchev–Trinajstić information content (AvgIpc) is 3.00. The summed E-state index contributed by atoms with van der Waals surface area (Å²) in [5.41, 5.74) is 0.256. The van der Waals surface area contributed by atoms with Crippen molar-refractivity contribution in [2.45, 2.75) is 38.1 Å². The van der Waals surface area contributed by atoms with Gasteiger partial charge in [0.2, 0.25) is 0 Å². The second kappa shape index (κ2) is 6.85. The Kier molecular flexibility index (Phi) is 5.42. The molecule has 18 heavy (non-hydrogen) atoms. The molecule has 1 saturated carbocycles. The van der Waals surface area contributed by atoms with Crippen molar-refractivity contribution < 1.29 is 9.84 Å². The first-order valence-corrected chi connectivity index (χ1v) is 7.37. The second-order valence-corrected chi connectivity index (χ2v) is 5.97. The summed E-state index contributed by atoms with van der Waals surface area (Å²) in [5.74, 6) is 0. The summed E-state index contributed by atoms with van der Waals surface area (Å²) in [5, 5.41) is 12.6. The summed E-state index contributed by atoms with van der Waals surface area (Å²) >= 11 is 0. The quantitative estimate of drug-likeness (QED) is 0.709. The van der Waals surface area contributed by atoms with E-state index in [2.05, 4.69) is 10.2 Å². The summed E-state index contributed by atoms with van der Waals surface area (Å²) in [7, 11) is 2.02. The van der Waals surface area contributed by atoms with Crippen LogP contribution in [0.4, 0.5) is 0 Å². The molecule has 1 atom stereocenters. The molecule has 2 aliphatic rings. The fraction of sp³-hybridized carbons (Fsp3) is 1.00. The zero-order valence-corrected chi connectivity index (χ0v) is 11.7. The summed E-state index contributed by atoms with van der Waals surface area (Å²) in [4.78, 5) is 2.51. The van der Waals surface area contributed by atoms with Crippen molar-refractivity contribution in [3.8, 4) is 0 Å². The van der Waals surface area contributed by atoms with Crippen LogP contribution in [0.25, 0.3) is 0 Å². The maximum absolute atomic E-state index is 9.30. The predicted octanol–water partition coefficient (Wildman–Crippen LogP) is 0.849. The van der Waals surface area contributed by atoms with Crippen LogP contribution in [0.1, 0.15) is 32.1 Å². The molecule has 1 heterocycles. The van der Waals surface area contributed by atoms with Crippen LogP contribution in [0.5, 0.6) is 0 Å². The molecule has 0 amide bonds. The number of ether oxygens (including phenoxy) is 1. The van der Waals surface area contributed by atoms with E-state index in [4.69, 9.17) is 4.74 Å². The van der Waals surface area contributed by atoms with Crippen LogP contribution in [-0.4, -0.2) is 62.6 Å². The van der Waals surface area contributed by atoms with Crippen molar-refractivity contribution in [2.75, 3.05) is 46.5 Å². The van der Waals surface area contributed by atoms with Gasteiger partial charge in [0.1, 0.15) is 0 Å². The number of aliphatic hydroxyl groups is 1. The number of hydrogen-bond donors (Lipinski definition) is 2. The number of rotatable bonds is 7. The number of aliphatic hydroxyl groups excluding tert-OH is 1. The molecule has 2 N–H and O–H groups in total. The van der Waals surface area contributed by atoms with Crippen LogP contribution in [0, 0.1) is 5.41 Å². The van der Waals surface area contributed by atoms with E-state index in [1.54, 1.807) is 0 Å². The van der Waals surface area contributed by atoms with Gasteiger partial charge in [0.25, 0.3) is 0 Å². The summed E-state index contributed by atoms with van der Waals surface area (Å²) in [6.45, 7) is 4.92. The average molecular weight is 256 g/mol. The molecule has 1 unspecified atom stereocenters. The van der Waals surface area contributed by atoms with E-state index in [9.17, 15) is 5.11 Å². The van der Waals surface area contributed by atoms with Crippen molar-refractivity contribution in [2.24, 2.45) is 5.41 Å². The largest absolute Gasteiger partial charge is 0.395 e. The summed E-state index contributed by atoms with van der Waals surface area (Å²) in [6, 6.07) is 0.687. The monoisotopic (exact) mass is 256 g/mol. The Morgan fingerprint density at radius 2 is 2.17 bits per heavy atom. The summed E-state index contributed by atoms with van der Waals surface area (Å²) in [6.07, 6.45) is 6.44. The van der Waals surface area contributed by atoms with Crippen molar-refractivity contribution in [1.82, 2.24) is 10.2 Å². The van der Waals surface area contributed by atoms with Gasteiger partial charge in [-0.1, -0.05) is 12.8 Å². The van der Waals surface area contributed by atoms with E-state index >= 15 is 0 Å². The zero-order chi connectivity index (χ0) is 12.8. The third-order valence-electron chi connectivity index (χ3n) is 4.50. The molecule has 0 radical (unpaired) electrons. The highest BCUT2D eigenvalue weighted by Crippen LogP contribution is 2.32. The van der Waals surface area contributed by atoms with Crippen molar-refractivity contribution >= 4 is 0 Å². The molecule has 1 aliphatic carbocycles. The molecule has 2 fully saturated rings. The van der Waals surface area contributed by atoms with Crippen LogP contribution in [0.15, 0.2) is 0 Å². The van der Waals surface area contributed by atoms with Gasteiger partial charge in [-0.2, -0.15) is 0 Å². The Labute approximate surface area is 111 Å². The summed E-state index contributed by atoms with van der Waals surface area (Å²) < 4.78 is 5.63. The normalized spacial score (nSPS) is 29.5. The van der Waals surface area contributed by atoms with E-state index in [0.29, 0.717) is 6.04 Å². The standard InChI is InChI=1S/C14H28N2O2/c1-15-10-14(6-9-18-12-14)11-16(7-8-17)13-4-2-3-5-13/h13,15,17H,2-12H2,1H3. The predicted molar refractivity (Wildman–Crippen MR) is 72.7 cm³/mol. The highest BCUT2D eigenvalue weighted by atomic mass is 16.5. The molecule has 1 aliphatic heterocycles. The van der Waals surface area contributed by atoms with Gasteiger partial charge >= 0.3 is 0 Å². The fourth-order valence-electron chi connectivity index (χ4n) is 3.56. The highest BCUT2D eigenvalue weighted by Gasteiger charge is 2.37. The highest BCUT2D eigenvalue weighted by molar-refractivity contribution is 4.90. The molecule has 0 aromatic heterocycles.